The van der Waals surface area contributed by atoms with E-state index < -0.39 is 233 Å². The number of nitrogens with one attached hydrogen (secondary N) is 5. The van der Waals surface area contributed by atoms with Crippen LogP contribution in [0.25, 0.3) is 0 Å². The average molecular weight is 1360 g/mol. The van der Waals surface area contributed by atoms with Crippen molar-refractivity contribution < 1.29 is 112 Å². The van der Waals surface area contributed by atoms with Crippen LogP contribution in [0.4, 0.5) is 0 Å². The monoisotopic (exact) mass is 1360 g/mol. The lowest BCUT2D eigenvalue weighted by atomic mass is 9.88. The van der Waals surface area contributed by atoms with Gasteiger partial charge in [-0.25, -0.2) is 0 Å². The zero-order valence-electron chi connectivity index (χ0n) is 55.5. The van der Waals surface area contributed by atoms with E-state index in [2.05, 4.69) is 26.6 Å². The van der Waals surface area contributed by atoms with E-state index in [1.54, 1.807) is 0 Å². The van der Waals surface area contributed by atoms with Crippen molar-refractivity contribution in [2.75, 3.05) is 26.3 Å². The number of carboxylic acid groups (broad SMARTS) is 5. The van der Waals surface area contributed by atoms with Crippen LogP contribution >= 0.6 is 0 Å². The number of carbonyl (C=O) groups excluding carboxylic acids is 12. The molecule has 0 bridgehead atoms. The molecule has 1 saturated heterocycles. The molecule has 0 spiro atoms. The highest BCUT2D eigenvalue weighted by molar-refractivity contribution is 5.99. The van der Waals surface area contributed by atoms with Gasteiger partial charge in [0.1, 0.15) is 12.6 Å². The van der Waals surface area contributed by atoms with Crippen LogP contribution in [0.15, 0.2) is 24.3 Å². The van der Waals surface area contributed by atoms with Crippen LogP contribution in [0.5, 0.6) is 0 Å². The van der Waals surface area contributed by atoms with E-state index in [-0.39, 0.29) is 69.3 Å². The summed E-state index contributed by atoms with van der Waals surface area (Å²) in [5, 5.41) is 60.9. The van der Waals surface area contributed by atoms with Crippen molar-refractivity contribution in [1.82, 2.24) is 31.5 Å². The van der Waals surface area contributed by atoms with Crippen molar-refractivity contribution in [1.29, 1.82) is 0 Å². The summed E-state index contributed by atoms with van der Waals surface area (Å²) in [4.78, 5) is 223. The summed E-state index contributed by atoms with van der Waals surface area (Å²) in [6.07, 6.45) is -6.47. The second-order valence-corrected chi connectivity index (χ2v) is 24.7. The molecule has 1 aliphatic rings. The van der Waals surface area contributed by atoms with Gasteiger partial charge in [0.15, 0.2) is 34.7 Å². The van der Waals surface area contributed by atoms with Gasteiger partial charge in [0.2, 0.25) is 35.4 Å². The maximum absolute atomic E-state index is 14.4. The van der Waals surface area contributed by atoms with E-state index in [0.29, 0.717) is 49.7 Å². The first-order valence-electron chi connectivity index (χ1n) is 32.6. The molecule has 1 aromatic rings. The number of ketones is 6. The number of nitrogens with two attached hydrogens (primary N) is 1. The van der Waals surface area contributed by atoms with Gasteiger partial charge in [0.05, 0.1) is 30.2 Å². The standard InChI is InChI=1S/C66H97N7O23/c1-6-11-52(76)49(32-38(2)3)72-66(95)51-13-9-30-73(51)57(81)37-96-31-10-14-53(77)50(33-41-15-17-42(18-16-41)39(4)74)71-65(94)45(21-26-60(86)87)36-56(80)48(23-28-62(90)91)70-64(93)44(20-25-59(84)85)35-55(79)47(22-27-61(88)89)69-63(92)43(19-24-58(82)83)34-54(78)46(68-40(5)75)12-7-8-29-67/h15-18,38,43-51H,6-14,19-37,67H2,1-5H3,(H,68,75)(H,69,92)(H,70,93)(H,71,94)(H,72,95)(H,82,83)(H,84,85)(H,86,87)(H,88,89)(H,90,91)/t43-,44-,45-,46+,47+,48+,49-,50-,51-/m0/s1. The lowest BCUT2D eigenvalue weighted by molar-refractivity contribution is -0.142. The Morgan fingerprint density at radius 1 is 0.521 bits per heavy atom. The number of hydrogen-bond donors (Lipinski definition) is 11. The molecule has 0 radical (unpaired) electrons. The first-order chi connectivity index (χ1) is 45.3. The van der Waals surface area contributed by atoms with E-state index >= 15 is 0 Å². The minimum atomic E-state index is -1.82. The molecule has 0 aliphatic carbocycles. The number of aliphatic carboxylic acids is 5. The van der Waals surface area contributed by atoms with Gasteiger partial charge in [-0.3, -0.25) is 81.5 Å². The molecular formula is C66H97N7O23. The van der Waals surface area contributed by atoms with Gasteiger partial charge < -0.3 is 67.5 Å². The van der Waals surface area contributed by atoms with E-state index in [4.69, 9.17) is 10.5 Å². The van der Waals surface area contributed by atoms with Gasteiger partial charge in [-0.2, -0.15) is 0 Å². The Morgan fingerprint density at radius 2 is 0.958 bits per heavy atom. The molecule has 1 aromatic carbocycles. The normalized spacial score (nSPS) is 15.2. The highest BCUT2D eigenvalue weighted by atomic mass is 16.5. The molecule has 1 fully saturated rings. The maximum Gasteiger partial charge on any atom is 0.303 e. The summed E-state index contributed by atoms with van der Waals surface area (Å²) >= 11 is 0. The third-order valence-corrected chi connectivity index (χ3v) is 16.2. The Kier molecular flexibility index (Phi) is 38.4. The van der Waals surface area contributed by atoms with Gasteiger partial charge in [-0.15, -0.1) is 0 Å². The molecule has 30 nitrogen and oxygen atoms in total. The zero-order valence-corrected chi connectivity index (χ0v) is 55.5. The second-order valence-electron chi connectivity index (χ2n) is 24.7. The van der Waals surface area contributed by atoms with E-state index in [1.807, 2.05) is 20.8 Å². The van der Waals surface area contributed by atoms with Crippen LogP contribution in [-0.4, -0.2) is 193 Å². The molecule has 534 valence electrons. The third kappa shape index (κ3) is 32.6. The quantitative estimate of drug-likeness (QED) is 0.0330. The Bertz CT molecular complexity index is 2900. The van der Waals surface area contributed by atoms with Gasteiger partial charge in [-0.1, -0.05) is 45.0 Å². The first kappa shape index (κ1) is 83.4. The average Bonchev–Trinajstić information content (AvgIpc) is 1.42. The fourth-order valence-electron chi connectivity index (χ4n) is 11.0. The number of benzene rings is 1. The van der Waals surface area contributed by atoms with Gasteiger partial charge in [0, 0.05) is 108 Å². The summed E-state index contributed by atoms with van der Waals surface area (Å²) < 4.78 is 5.66. The van der Waals surface area contributed by atoms with E-state index in [0.717, 1.165) is 6.92 Å². The van der Waals surface area contributed by atoms with Gasteiger partial charge >= 0.3 is 29.8 Å². The van der Waals surface area contributed by atoms with Crippen LogP contribution in [-0.2, 0) is 87.9 Å². The number of likely N-dealkylation sites (tertiary alicyclic amines) is 1. The molecule has 6 amide bonds. The number of carboxylic acids is 5. The van der Waals surface area contributed by atoms with Crippen LogP contribution < -0.4 is 32.3 Å². The lowest BCUT2D eigenvalue weighted by Crippen LogP contribution is -2.51. The summed E-state index contributed by atoms with van der Waals surface area (Å²) in [5.41, 5.74) is 6.35. The molecule has 1 aliphatic heterocycles. The molecule has 2 rings (SSSR count). The molecule has 1 heterocycles. The molecule has 0 unspecified atom stereocenters. The Balaban J connectivity index is 2.45. The fourth-order valence-corrected chi connectivity index (χ4v) is 11.0. The van der Waals surface area contributed by atoms with Crippen molar-refractivity contribution in [2.45, 2.75) is 225 Å². The number of carbonyl (C=O) groups is 17. The molecule has 0 aromatic heterocycles. The van der Waals surface area contributed by atoms with E-state index in [9.17, 15) is 107 Å². The third-order valence-electron chi connectivity index (χ3n) is 16.2. The van der Waals surface area contributed by atoms with Crippen molar-refractivity contribution in [2.24, 2.45) is 29.4 Å². The summed E-state index contributed by atoms with van der Waals surface area (Å²) in [6, 6.07) is -1.57. The molecule has 96 heavy (non-hydrogen) atoms. The Labute approximate surface area is 557 Å². The summed E-state index contributed by atoms with van der Waals surface area (Å²) in [5.74, 6) is -20.4. The first-order valence-corrected chi connectivity index (χ1v) is 32.6. The Morgan fingerprint density at radius 3 is 1.38 bits per heavy atom. The highest BCUT2D eigenvalue weighted by Crippen LogP contribution is 2.24. The van der Waals surface area contributed by atoms with Crippen LogP contribution in [0.3, 0.4) is 0 Å². The largest absolute Gasteiger partial charge is 0.481 e. The van der Waals surface area contributed by atoms with Crippen LogP contribution in [0, 0.1) is 23.7 Å². The van der Waals surface area contributed by atoms with Crippen molar-refractivity contribution in [3.8, 4) is 0 Å². The van der Waals surface area contributed by atoms with Crippen LogP contribution in [0.1, 0.15) is 198 Å². The lowest BCUT2D eigenvalue weighted by Gasteiger charge is -2.27. The van der Waals surface area contributed by atoms with Crippen molar-refractivity contribution in [3.05, 3.63) is 35.4 Å². The van der Waals surface area contributed by atoms with Gasteiger partial charge in [-0.05, 0) is 115 Å². The van der Waals surface area contributed by atoms with E-state index in [1.165, 1.54) is 36.1 Å². The number of Topliss-reactive ketones (excluding diaryl/α,β-unsaturated/α-hetero) is 6. The molecule has 30 heteroatoms. The topological polar surface area (TPSA) is 490 Å². The van der Waals surface area contributed by atoms with Gasteiger partial charge in [0.25, 0.3) is 0 Å². The highest BCUT2D eigenvalue weighted by Gasteiger charge is 2.38. The number of amides is 6. The zero-order chi connectivity index (χ0) is 72.2. The number of rotatable bonds is 52. The number of unbranched alkanes of at least 4 members (excludes halogenated alkanes) is 1. The minimum Gasteiger partial charge on any atom is -0.481 e. The number of ether oxygens (including phenoxy) is 1. The van der Waals surface area contributed by atoms with Crippen molar-refractivity contribution in [3.63, 3.8) is 0 Å². The second kappa shape index (κ2) is 44.1. The predicted molar refractivity (Wildman–Crippen MR) is 341 cm³/mol. The smallest absolute Gasteiger partial charge is 0.303 e. The Hall–Kier alpha value is -8.67. The summed E-state index contributed by atoms with van der Waals surface area (Å²) in [6.45, 7) is 8.12. The molecule has 9 atom stereocenters. The number of nitrogens with zero attached hydrogens (tertiary/aromatic N) is 1. The molecular weight excluding hydrogens is 1260 g/mol. The SMILES string of the molecule is CCCC(=O)[C@H](CC(C)C)NC(=O)[C@@H]1CCCN1C(=O)COCCCC(=O)[C@H](Cc1ccc(C(C)=O)cc1)NC(=O)[C@@H](CCC(=O)O)CC(=O)[C@@H](CCC(=O)O)NC(=O)[C@@H](CCC(=O)O)CC(=O)[C@@H](CCC(=O)O)NC(=O)[C@@H](CCC(=O)O)CC(=O)[C@@H](CCCCN)NC(C)=O. The number of hydrogen-bond acceptors (Lipinski definition) is 19. The maximum atomic E-state index is 14.4. The van der Waals surface area contributed by atoms with Crippen molar-refractivity contribution >= 4 is 100.0 Å². The fraction of sp³-hybridized carbons (Fsp3) is 0.652. The molecule has 0 saturated carbocycles. The van der Waals surface area contributed by atoms with Crippen LogP contribution in [0.2, 0.25) is 0 Å². The molecule has 12 N–H and O–H groups in total. The summed E-state index contributed by atoms with van der Waals surface area (Å²) in [7, 11) is 0. The minimum absolute atomic E-state index is 0.000900. The predicted octanol–water partition coefficient (Wildman–Crippen LogP) is 2.83.